The summed E-state index contributed by atoms with van der Waals surface area (Å²) >= 11 is 6.19. The van der Waals surface area contributed by atoms with Crippen molar-refractivity contribution in [3.05, 3.63) is 52.8 Å². The molecule has 8 heteroatoms. The second-order valence-corrected chi connectivity index (χ2v) is 6.01. The number of nitrogens with one attached hydrogen (secondary N) is 1. The maximum Gasteiger partial charge on any atom is 0.264 e. The molecule has 3 rings (SSSR count). The number of hydrogen-bond donors (Lipinski definition) is 1. The number of rotatable bonds is 6. The van der Waals surface area contributed by atoms with Crippen molar-refractivity contribution in [1.29, 1.82) is 0 Å². The molecule has 1 aliphatic heterocycles. The van der Waals surface area contributed by atoms with Crippen LogP contribution in [-0.4, -0.2) is 36.9 Å². The summed E-state index contributed by atoms with van der Waals surface area (Å²) in [6, 6.07) is 7.07. The Labute approximate surface area is 155 Å². The molecular weight excluding hydrogens is 358 g/mol. The fraction of sp³-hybridized carbons (Fsp3) is 0.278. The zero-order valence-corrected chi connectivity index (χ0v) is 15.1. The largest absolute Gasteiger partial charge is 0.496 e. The van der Waals surface area contributed by atoms with Crippen molar-refractivity contribution >= 4 is 23.2 Å². The lowest BCUT2D eigenvalue weighted by Gasteiger charge is -2.12. The number of methoxy groups -OCH3 is 2. The van der Waals surface area contributed by atoms with E-state index in [1.807, 2.05) is 12.1 Å². The lowest BCUT2D eigenvalue weighted by Crippen LogP contribution is -2.34. The summed E-state index contributed by atoms with van der Waals surface area (Å²) in [4.78, 5) is 21.6. The molecule has 0 saturated carbocycles. The number of nitrogens with zero attached hydrogens (tertiary/aromatic N) is 2. The van der Waals surface area contributed by atoms with Crippen LogP contribution >= 0.6 is 11.6 Å². The summed E-state index contributed by atoms with van der Waals surface area (Å²) < 4.78 is 10.6. The number of halogens is 1. The molecule has 1 N–H and O–H groups in total. The van der Waals surface area contributed by atoms with E-state index < -0.39 is 6.10 Å². The number of carbonyl (C=O) groups excluding carboxylic acids is 1. The minimum absolute atomic E-state index is 0.244. The van der Waals surface area contributed by atoms with E-state index in [4.69, 9.17) is 25.9 Å². The number of carbonyl (C=O) groups is 1. The molecule has 136 valence electrons. The van der Waals surface area contributed by atoms with Crippen molar-refractivity contribution in [2.75, 3.05) is 14.2 Å². The highest BCUT2D eigenvalue weighted by molar-refractivity contribution is 6.32. The molecule has 0 spiro atoms. The van der Waals surface area contributed by atoms with Crippen molar-refractivity contribution in [1.82, 2.24) is 10.3 Å². The quantitative estimate of drug-likeness (QED) is 0.839. The van der Waals surface area contributed by atoms with Gasteiger partial charge in [-0.2, -0.15) is 0 Å². The molecule has 0 aliphatic carbocycles. The topological polar surface area (TPSA) is 82.0 Å². The molecule has 1 aromatic heterocycles. The minimum Gasteiger partial charge on any atom is -0.496 e. The van der Waals surface area contributed by atoms with E-state index >= 15 is 0 Å². The molecule has 0 bridgehead atoms. The van der Waals surface area contributed by atoms with Gasteiger partial charge >= 0.3 is 0 Å². The van der Waals surface area contributed by atoms with E-state index in [2.05, 4.69) is 15.5 Å². The van der Waals surface area contributed by atoms with Gasteiger partial charge in [0.2, 0.25) is 6.10 Å². The van der Waals surface area contributed by atoms with Crippen molar-refractivity contribution in [3.8, 4) is 11.5 Å². The first-order valence-electron chi connectivity index (χ1n) is 7.93. The van der Waals surface area contributed by atoms with Gasteiger partial charge in [0, 0.05) is 37.0 Å². The second-order valence-electron chi connectivity index (χ2n) is 5.60. The van der Waals surface area contributed by atoms with Gasteiger partial charge in [-0.25, -0.2) is 0 Å². The number of ether oxygens (including phenoxy) is 2. The van der Waals surface area contributed by atoms with Crippen LogP contribution in [-0.2, 0) is 16.2 Å². The first-order chi connectivity index (χ1) is 12.6. The Bertz CT molecular complexity index is 827. The summed E-state index contributed by atoms with van der Waals surface area (Å²) in [6.45, 7) is 0.375. The van der Waals surface area contributed by atoms with Crippen LogP contribution in [0.15, 0.2) is 41.8 Å². The highest BCUT2D eigenvalue weighted by atomic mass is 35.5. The Morgan fingerprint density at radius 2 is 2.15 bits per heavy atom. The third-order valence-corrected chi connectivity index (χ3v) is 4.23. The Kier molecular flexibility index (Phi) is 5.58. The van der Waals surface area contributed by atoms with E-state index in [1.54, 1.807) is 31.6 Å². The lowest BCUT2D eigenvalue weighted by atomic mass is 10.0. The summed E-state index contributed by atoms with van der Waals surface area (Å²) in [5, 5.41) is 7.28. The summed E-state index contributed by atoms with van der Waals surface area (Å²) in [7, 11) is 3.07. The van der Waals surface area contributed by atoms with E-state index in [0.717, 1.165) is 5.56 Å². The molecule has 1 aromatic carbocycles. The van der Waals surface area contributed by atoms with Crippen molar-refractivity contribution in [2.45, 2.75) is 19.1 Å². The normalized spacial score (nSPS) is 15.8. The van der Waals surface area contributed by atoms with Crippen molar-refractivity contribution in [2.24, 2.45) is 5.16 Å². The predicted molar refractivity (Wildman–Crippen MR) is 96.7 cm³/mol. The van der Waals surface area contributed by atoms with E-state index in [1.165, 1.54) is 7.11 Å². The Hall–Kier alpha value is -2.80. The second kappa shape index (κ2) is 8.05. The maximum absolute atomic E-state index is 12.3. The van der Waals surface area contributed by atoms with Gasteiger partial charge in [0.25, 0.3) is 5.91 Å². The SMILES string of the molecule is COc1cc(OC)c(C2=NO[C@H](C(=O)NCc3cccnc3)C2)cc1Cl. The molecule has 0 fully saturated rings. The van der Waals surface area contributed by atoms with E-state index in [-0.39, 0.29) is 5.91 Å². The van der Waals surface area contributed by atoms with Crippen LogP contribution in [0.2, 0.25) is 5.02 Å². The number of hydrogen-bond acceptors (Lipinski definition) is 6. The molecule has 1 amide bonds. The third-order valence-electron chi connectivity index (χ3n) is 3.94. The number of amides is 1. The van der Waals surface area contributed by atoms with Crippen LogP contribution < -0.4 is 14.8 Å². The van der Waals surface area contributed by atoms with Crippen LogP contribution in [0.1, 0.15) is 17.5 Å². The van der Waals surface area contributed by atoms with Gasteiger partial charge in [0.15, 0.2) is 0 Å². The van der Waals surface area contributed by atoms with Gasteiger partial charge in [0.1, 0.15) is 11.5 Å². The molecule has 7 nitrogen and oxygen atoms in total. The van der Waals surface area contributed by atoms with Gasteiger partial charge in [-0.1, -0.05) is 22.8 Å². The zero-order valence-electron chi connectivity index (χ0n) is 14.4. The lowest BCUT2D eigenvalue weighted by molar-refractivity contribution is -0.131. The number of oxime groups is 1. The van der Waals surface area contributed by atoms with Gasteiger partial charge in [-0.15, -0.1) is 0 Å². The Morgan fingerprint density at radius 1 is 1.35 bits per heavy atom. The van der Waals surface area contributed by atoms with E-state index in [0.29, 0.717) is 40.8 Å². The molecule has 26 heavy (non-hydrogen) atoms. The maximum atomic E-state index is 12.3. The van der Waals surface area contributed by atoms with Gasteiger partial charge in [0.05, 0.1) is 25.0 Å². The molecule has 2 heterocycles. The average molecular weight is 376 g/mol. The molecular formula is C18H18ClN3O4. The summed E-state index contributed by atoms with van der Waals surface area (Å²) in [6.07, 6.45) is 2.99. The fourth-order valence-corrected chi connectivity index (χ4v) is 2.81. The van der Waals surface area contributed by atoms with Crippen LogP contribution in [0.25, 0.3) is 0 Å². The van der Waals surface area contributed by atoms with Crippen molar-refractivity contribution < 1.29 is 19.1 Å². The fourth-order valence-electron chi connectivity index (χ4n) is 2.57. The van der Waals surface area contributed by atoms with Gasteiger partial charge < -0.3 is 19.6 Å². The number of benzene rings is 1. The van der Waals surface area contributed by atoms with Crippen molar-refractivity contribution in [3.63, 3.8) is 0 Å². The van der Waals surface area contributed by atoms with Gasteiger partial charge in [-0.3, -0.25) is 9.78 Å². The summed E-state index contributed by atoms with van der Waals surface area (Å²) in [5.41, 5.74) is 2.16. The molecule has 2 aromatic rings. The van der Waals surface area contributed by atoms with Crippen LogP contribution in [0, 0.1) is 0 Å². The number of pyridine rings is 1. The molecule has 0 unspecified atom stereocenters. The molecule has 1 atom stereocenters. The van der Waals surface area contributed by atoms with Crippen LogP contribution in [0.4, 0.5) is 0 Å². The Morgan fingerprint density at radius 3 is 2.85 bits per heavy atom. The average Bonchev–Trinajstić information content (AvgIpc) is 3.17. The van der Waals surface area contributed by atoms with Crippen LogP contribution in [0.5, 0.6) is 11.5 Å². The monoisotopic (exact) mass is 375 g/mol. The molecule has 0 saturated heterocycles. The smallest absolute Gasteiger partial charge is 0.264 e. The molecule has 1 aliphatic rings. The highest BCUT2D eigenvalue weighted by Crippen LogP contribution is 2.34. The highest BCUT2D eigenvalue weighted by Gasteiger charge is 2.30. The van der Waals surface area contributed by atoms with E-state index in [9.17, 15) is 4.79 Å². The van der Waals surface area contributed by atoms with Crippen LogP contribution in [0.3, 0.4) is 0 Å². The first-order valence-corrected chi connectivity index (χ1v) is 8.31. The van der Waals surface area contributed by atoms with Gasteiger partial charge in [-0.05, 0) is 17.7 Å². The minimum atomic E-state index is -0.702. The predicted octanol–water partition coefficient (Wildman–Crippen LogP) is 2.56. The summed E-state index contributed by atoms with van der Waals surface area (Å²) in [5.74, 6) is 0.800. The molecule has 0 radical (unpaired) electrons. The number of aromatic nitrogens is 1. The zero-order chi connectivity index (χ0) is 18.5. The standard InChI is InChI=1S/C18H18ClN3O4/c1-24-15-8-16(25-2)13(19)6-12(15)14-7-17(26-22-14)18(23)21-10-11-4-3-5-20-9-11/h3-6,8-9,17H,7,10H2,1-2H3,(H,21,23)/t17-/m0/s1. The first kappa shape index (κ1) is 18.0. The third kappa shape index (κ3) is 3.88. The Balaban J connectivity index is 1.66.